The van der Waals surface area contributed by atoms with Gasteiger partial charge in [-0.15, -0.1) is 0 Å². The van der Waals surface area contributed by atoms with E-state index in [-0.39, 0.29) is 18.2 Å². The van der Waals surface area contributed by atoms with Gasteiger partial charge in [-0.1, -0.05) is 43.7 Å². The van der Waals surface area contributed by atoms with Gasteiger partial charge in [-0.2, -0.15) is 0 Å². The summed E-state index contributed by atoms with van der Waals surface area (Å²) in [6.07, 6.45) is 3.03. The van der Waals surface area contributed by atoms with Gasteiger partial charge in [0, 0.05) is 23.9 Å². The second-order valence-corrected chi connectivity index (χ2v) is 6.19. The number of nitrogens with zero attached hydrogens (tertiary/aromatic N) is 2. The summed E-state index contributed by atoms with van der Waals surface area (Å²) in [5.41, 5.74) is 4.05. The number of carbonyl (C=O) groups excluding carboxylic acids is 1. The van der Waals surface area contributed by atoms with Gasteiger partial charge in [-0.25, -0.2) is 4.39 Å². The van der Waals surface area contributed by atoms with Gasteiger partial charge >= 0.3 is 0 Å². The third-order valence-corrected chi connectivity index (χ3v) is 3.99. The molecule has 0 saturated heterocycles. The lowest BCUT2D eigenvalue weighted by Gasteiger charge is -2.08. The standard InChI is InChI=1S/C19H19FN2O/c1-12(2)18(23)11-22-10-16(20)19-17(22)8-15(9-21-19)14-6-4-5-13(3)7-14/h4-10,12H,11H2,1-3H3. The van der Waals surface area contributed by atoms with Gasteiger partial charge in [0.25, 0.3) is 0 Å². The molecular formula is C19H19FN2O. The molecule has 0 radical (unpaired) electrons. The van der Waals surface area contributed by atoms with Crippen LogP contribution in [0.4, 0.5) is 4.39 Å². The fraction of sp³-hybridized carbons (Fsp3) is 0.263. The highest BCUT2D eigenvalue weighted by Crippen LogP contribution is 2.26. The second kappa shape index (κ2) is 5.95. The quantitative estimate of drug-likeness (QED) is 0.717. The fourth-order valence-corrected chi connectivity index (χ4v) is 2.59. The number of benzene rings is 1. The van der Waals surface area contributed by atoms with Crippen LogP contribution in [0.25, 0.3) is 22.2 Å². The normalized spacial score (nSPS) is 11.3. The maximum Gasteiger partial charge on any atom is 0.167 e. The molecule has 0 fully saturated rings. The van der Waals surface area contributed by atoms with Crippen LogP contribution in [0.5, 0.6) is 0 Å². The summed E-state index contributed by atoms with van der Waals surface area (Å²) in [7, 11) is 0. The Kier molecular flexibility index (Phi) is 3.99. The molecule has 118 valence electrons. The molecule has 0 aliphatic heterocycles. The van der Waals surface area contributed by atoms with Crippen molar-refractivity contribution in [3.63, 3.8) is 0 Å². The van der Waals surface area contributed by atoms with Gasteiger partial charge in [0.1, 0.15) is 5.52 Å². The Morgan fingerprint density at radius 1 is 1.26 bits per heavy atom. The number of fused-ring (bicyclic) bond motifs is 1. The van der Waals surface area contributed by atoms with Crippen molar-refractivity contribution < 1.29 is 9.18 Å². The largest absolute Gasteiger partial charge is 0.336 e. The van der Waals surface area contributed by atoms with Crippen molar-refractivity contribution >= 4 is 16.8 Å². The van der Waals surface area contributed by atoms with E-state index in [0.717, 1.165) is 16.7 Å². The smallest absolute Gasteiger partial charge is 0.167 e. The van der Waals surface area contributed by atoms with Gasteiger partial charge < -0.3 is 4.57 Å². The van der Waals surface area contributed by atoms with Crippen molar-refractivity contribution in [1.82, 2.24) is 9.55 Å². The predicted molar refractivity (Wildman–Crippen MR) is 89.7 cm³/mol. The van der Waals surface area contributed by atoms with Crippen molar-refractivity contribution in [3.8, 4) is 11.1 Å². The molecule has 1 aromatic carbocycles. The Balaban J connectivity index is 2.09. The molecule has 0 N–H and O–H groups in total. The second-order valence-electron chi connectivity index (χ2n) is 6.19. The number of aryl methyl sites for hydroxylation is 1. The first kappa shape index (κ1) is 15.4. The maximum absolute atomic E-state index is 14.1. The Morgan fingerprint density at radius 2 is 2.04 bits per heavy atom. The fourth-order valence-electron chi connectivity index (χ4n) is 2.59. The molecule has 3 rings (SSSR count). The third kappa shape index (κ3) is 3.02. The Hall–Kier alpha value is -2.49. The number of ketones is 1. The van der Waals surface area contributed by atoms with Crippen LogP contribution in [0, 0.1) is 18.7 Å². The van der Waals surface area contributed by atoms with E-state index in [2.05, 4.69) is 11.1 Å². The number of Topliss-reactive ketones (excluding diaryl/α,β-unsaturated/α-hetero) is 1. The van der Waals surface area contributed by atoms with Crippen molar-refractivity contribution in [2.24, 2.45) is 5.92 Å². The number of carbonyl (C=O) groups is 1. The van der Waals surface area contributed by atoms with Crippen LogP contribution in [0.15, 0.2) is 42.7 Å². The van der Waals surface area contributed by atoms with E-state index in [1.54, 1.807) is 10.8 Å². The van der Waals surface area contributed by atoms with Crippen LogP contribution < -0.4 is 0 Å². The molecule has 0 saturated carbocycles. The van der Waals surface area contributed by atoms with E-state index < -0.39 is 5.82 Å². The van der Waals surface area contributed by atoms with Crippen LogP contribution in [0.2, 0.25) is 0 Å². The lowest BCUT2D eigenvalue weighted by Crippen LogP contribution is -2.14. The molecule has 2 heterocycles. The van der Waals surface area contributed by atoms with E-state index in [1.165, 1.54) is 6.20 Å². The molecule has 0 spiro atoms. The lowest BCUT2D eigenvalue weighted by atomic mass is 10.0. The SMILES string of the molecule is Cc1cccc(-c2cnc3c(F)cn(CC(=O)C(C)C)c3c2)c1. The number of hydrogen-bond donors (Lipinski definition) is 0. The minimum atomic E-state index is -0.396. The van der Waals surface area contributed by atoms with Gasteiger partial charge in [-0.05, 0) is 18.6 Å². The first-order valence-corrected chi connectivity index (χ1v) is 7.70. The number of hydrogen-bond acceptors (Lipinski definition) is 2. The third-order valence-electron chi connectivity index (χ3n) is 3.99. The number of pyridine rings is 1. The Labute approximate surface area is 134 Å². The molecule has 2 aromatic heterocycles. The zero-order chi connectivity index (χ0) is 16.6. The summed E-state index contributed by atoms with van der Waals surface area (Å²) in [4.78, 5) is 16.3. The highest BCUT2D eigenvalue weighted by atomic mass is 19.1. The zero-order valence-electron chi connectivity index (χ0n) is 13.5. The van der Waals surface area contributed by atoms with Crippen molar-refractivity contribution in [2.75, 3.05) is 0 Å². The number of rotatable bonds is 4. The molecule has 4 heteroatoms. The highest BCUT2D eigenvalue weighted by molar-refractivity contribution is 5.85. The molecule has 3 aromatic rings. The molecule has 0 aliphatic rings. The molecule has 0 unspecified atom stereocenters. The Bertz CT molecular complexity index is 880. The topological polar surface area (TPSA) is 34.9 Å². The van der Waals surface area contributed by atoms with E-state index in [9.17, 15) is 9.18 Å². The van der Waals surface area contributed by atoms with Crippen molar-refractivity contribution in [3.05, 3.63) is 54.1 Å². The summed E-state index contributed by atoms with van der Waals surface area (Å²) in [6.45, 7) is 5.89. The summed E-state index contributed by atoms with van der Waals surface area (Å²) in [6, 6.07) is 9.97. The van der Waals surface area contributed by atoms with E-state index >= 15 is 0 Å². The van der Waals surface area contributed by atoms with E-state index in [0.29, 0.717) is 11.0 Å². The van der Waals surface area contributed by atoms with Crippen LogP contribution in [-0.2, 0) is 11.3 Å². The molecule has 0 amide bonds. The highest BCUT2D eigenvalue weighted by Gasteiger charge is 2.15. The first-order chi connectivity index (χ1) is 11.0. The van der Waals surface area contributed by atoms with Gasteiger partial charge in [0.15, 0.2) is 11.6 Å². The summed E-state index contributed by atoms with van der Waals surface area (Å²) in [5, 5.41) is 0. The monoisotopic (exact) mass is 310 g/mol. The lowest BCUT2D eigenvalue weighted by molar-refractivity contribution is -0.122. The predicted octanol–water partition coefficient (Wildman–Crippen LogP) is 4.38. The van der Waals surface area contributed by atoms with Gasteiger partial charge in [0.05, 0.1) is 12.1 Å². The summed E-state index contributed by atoms with van der Waals surface area (Å²) in [5.74, 6) is -0.404. The Morgan fingerprint density at radius 3 is 2.74 bits per heavy atom. The average molecular weight is 310 g/mol. The first-order valence-electron chi connectivity index (χ1n) is 7.70. The van der Waals surface area contributed by atoms with E-state index in [4.69, 9.17) is 0 Å². The molecule has 23 heavy (non-hydrogen) atoms. The van der Waals surface area contributed by atoms with Crippen molar-refractivity contribution in [1.29, 1.82) is 0 Å². The minimum absolute atomic E-state index is 0.0721. The summed E-state index contributed by atoms with van der Waals surface area (Å²) < 4.78 is 15.7. The van der Waals surface area contributed by atoms with Crippen LogP contribution in [-0.4, -0.2) is 15.3 Å². The maximum atomic E-state index is 14.1. The summed E-state index contributed by atoms with van der Waals surface area (Å²) >= 11 is 0. The van der Waals surface area contributed by atoms with Gasteiger partial charge in [-0.3, -0.25) is 9.78 Å². The molecule has 0 atom stereocenters. The number of aromatic nitrogens is 2. The minimum Gasteiger partial charge on any atom is -0.336 e. The zero-order valence-corrected chi connectivity index (χ0v) is 13.5. The van der Waals surface area contributed by atoms with Crippen LogP contribution in [0.1, 0.15) is 19.4 Å². The number of halogens is 1. The molecule has 0 aliphatic carbocycles. The molecule has 0 bridgehead atoms. The molecular weight excluding hydrogens is 291 g/mol. The average Bonchev–Trinajstić information content (AvgIpc) is 2.83. The van der Waals surface area contributed by atoms with Crippen LogP contribution >= 0.6 is 0 Å². The molecule has 3 nitrogen and oxygen atoms in total. The van der Waals surface area contributed by atoms with Crippen molar-refractivity contribution in [2.45, 2.75) is 27.3 Å². The van der Waals surface area contributed by atoms with Gasteiger partial charge in [0.2, 0.25) is 0 Å². The van der Waals surface area contributed by atoms with E-state index in [1.807, 2.05) is 45.0 Å². The van der Waals surface area contributed by atoms with Crippen LogP contribution in [0.3, 0.4) is 0 Å².